The van der Waals surface area contributed by atoms with Crippen molar-refractivity contribution in [2.24, 2.45) is 0 Å². The Morgan fingerprint density at radius 3 is 1.89 bits per heavy atom. The molecule has 0 unspecified atom stereocenters. The van der Waals surface area contributed by atoms with Crippen LogP contribution in [0.5, 0.6) is 0 Å². The van der Waals surface area contributed by atoms with Crippen molar-refractivity contribution in [1.82, 2.24) is 4.57 Å². The number of nitrogens with zero attached hydrogens (tertiary/aromatic N) is 2. The monoisotopic (exact) mass is 718 g/mol. The van der Waals surface area contributed by atoms with Crippen LogP contribution < -0.4 is 4.90 Å². The van der Waals surface area contributed by atoms with E-state index in [9.17, 15) is 0 Å². The predicted octanol–water partition coefficient (Wildman–Crippen LogP) is 14.6. The summed E-state index contributed by atoms with van der Waals surface area (Å²) in [5, 5.41) is 9.37. The molecule has 4 nitrogen and oxygen atoms in total. The third-order valence-corrected chi connectivity index (χ3v) is 11.6. The van der Waals surface area contributed by atoms with Crippen LogP contribution in [0.2, 0.25) is 0 Å². The number of hydrogen-bond donors (Lipinski definition) is 0. The zero-order valence-corrected chi connectivity index (χ0v) is 30.4. The highest BCUT2D eigenvalue weighted by atomic mass is 16.3. The highest BCUT2D eigenvalue weighted by Crippen LogP contribution is 2.43. The highest BCUT2D eigenvalue weighted by Gasteiger charge is 2.24. The number of hydrogen-bond acceptors (Lipinski definition) is 3. The first kappa shape index (κ1) is 31.1. The third-order valence-electron chi connectivity index (χ3n) is 11.6. The van der Waals surface area contributed by atoms with E-state index in [2.05, 4.69) is 179 Å². The van der Waals surface area contributed by atoms with Gasteiger partial charge in [0.05, 0.1) is 11.0 Å². The zero-order valence-electron chi connectivity index (χ0n) is 30.4. The molecule has 0 saturated carbocycles. The lowest BCUT2D eigenvalue weighted by Crippen LogP contribution is -2.19. The van der Waals surface area contributed by atoms with Crippen molar-refractivity contribution in [3.63, 3.8) is 0 Å². The minimum atomic E-state index is 0.879. The van der Waals surface area contributed by atoms with E-state index < -0.39 is 0 Å². The molecule has 0 N–H and O–H groups in total. The SMILES string of the molecule is C1=CC(c2ccc3oc4cc5ccccc5cc4c3c2)=C(N(c2cccc(-n3c4ccccc4c4ccccc43)c2)c2ccc3oc4ccccc4c3c2)CC1. The second-order valence-electron chi connectivity index (χ2n) is 14.8. The molecule has 3 heterocycles. The van der Waals surface area contributed by atoms with Crippen molar-refractivity contribution < 1.29 is 8.83 Å². The van der Waals surface area contributed by atoms with E-state index in [1.165, 1.54) is 43.8 Å². The van der Waals surface area contributed by atoms with E-state index >= 15 is 0 Å². The first-order chi connectivity index (χ1) is 27.7. The summed E-state index contributed by atoms with van der Waals surface area (Å²) in [7, 11) is 0. The molecule has 0 bridgehead atoms. The van der Waals surface area contributed by atoms with Gasteiger partial charge in [-0.25, -0.2) is 0 Å². The molecular formula is C52H34N2O2. The molecule has 0 radical (unpaired) electrons. The van der Waals surface area contributed by atoms with E-state index in [0.717, 1.165) is 79.3 Å². The summed E-state index contributed by atoms with van der Waals surface area (Å²) < 4.78 is 15.2. The van der Waals surface area contributed by atoms with Gasteiger partial charge in [0.25, 0.3) is 0 Å². The van der Waals surface area contributed by atoms with E-state index in [1.54, 1.807) is 0 Å². The summed E-state index contributed by atoms with van der Waals surface area (Å²) in [6, 6.07) is 61.0. The fraction of sp³-hybridized carbons (Fsp3) is 0.0385. The van der Waals surface area contributed by atoms with Gasteiger partial charge in [-0.15, -0.1) is 0 Å². The zero-order chi connectivity index (χ0) is 36.7. The lowest BCUT2D eigenvalue weighted by Gasteiger charge is -2.32. The molecule has 0 amide bonds. The van der Waals surface area contributed by atoms with Crippen LogP contribution in [-0.4, -0.2) is 4.57 Å². The van der Waals surface area contributed by atoms with E-state index in [0.29, 0.717) is 0 Å². The number of furan rings is 2. The summed E-state index contributed by atoms with van der Waals surface area (Å²) in [6.07, 6.45) is 6.45. The number of rotatable bonds is 5. The molecule has 0 fully saturated rings. The molecule has 1 aliphatic rings. The van der Waals surface area contributed by atoms with Crippen LogP contribution in [0.15, 0.2) is 197 Å². The van der Waals surface area contributed by atoms with E-state index in [-0.39, 0.29) is 0 Å². The first-order valence-corrected chi connectivity index (χ1v) is 19.3. The maximum atomic E-state index is 6.44. The Morgan fingerprint density at radius 1 is 0.446 bits per heavy atom. The molecule has 56 heavy (non-hydrogen) atoms. The minimum Gasteiger partial charge on any atom is -0.456 e. The van der Waals surface area contributed by atoms with Gasteiger partial charge in [0, 0.05) is 60.6 Å². The van der Waals surface area contributed by atoms with E-state index in [1.807, 2.05) is 12.1 Å². The fourth-order valence-electron chi connectivity index (χ4n) is 9.06. The van der Waals surface area contributed by atoms with Crippen molar-refractivity contribution in [2.45, 2.75) is 12.8 Å². The van der Waals surface area contributed by atoms with Crippen molar-refractivity contribution in [1.29, 1.82) is 0 Å². The standard InChI is InChI=1S/C52H34N2O2/c1-2-13-34-30-52-44(28-33(34)12-1)43-29-35(24-26-50(43)56-52)39-16-3-7-20-46(39)53(38-25-27-51-45(32-38)42-19-6-10-23-49(42)55-51)36-14-11-15-37(31-36)54-47-21-8-4-17-40(47)41-18-5-9-22-48(41)54/h1-6,8-19,21-32H,7,20H2. The van der Waals surface area contributed by atoms with Crippen LogP contribution in [0.3, 0.4) is 0 Å². The van der Waals surface area contributed by atoms with Crippen LogP contribution in [0.25, 0.3) is 87.7 Å². The lowest BCUT2D eigenvalue weighted by atomic mass is 9.93. The van der Waals surface area contributed by atoms with Gasteiger partial charge >= 0.3 is 0 Å². The molecule has 0 atom stereocenters. The van der Waals surface area contributed by atoms with Gasteiger partial charge in [0.2, 0.25) is 0 Å². The van der Waals surface area contributed by atoms with Crippen molar-refractivity contribution in [2.75, 3.05) is 4.90 Å². The van der Waals surface area contributed by atoms with Crippen LogP contribution >= 0.6 is 0 Å². The van der Waals surface area contributed by atoms with Crippen LogP contribution in [0, 0.1) is 0 Å². The second kappa shape index (κ2) is 12.1. The van der Waals surface area contributed by atoms with Crippen LogP contribution in [0.4, 0.5) is 11.4 Å². The number of para-hydroxylation sites is 3. The highest BCUT2D eigenvalue weighted by molar-refractivity contribution is 6.12. The Hall–Kier alpha value is -7.30. The average Bonchev–Trinajstić information content (AvgIpc) is 3.92. The molecule has 4 heteroatoms. The van der Waals surface area contributed by atoms with Crippen molar-refractivity contribution >= 4 is 93.4 Å². The molecule has 0 saturated heterocycles. The molecule has 11 aromatic rings. The van der Waals surface area contributed by atoms with Gasteiger partial charge in [-0.1, -0.05) is 103 Å². The summed E-state index contributed by atoms with van der Waals surface area (Å²) in [4.78, 5) is 2.47. The number of allylic oxidation sites excluding steroid dienone is 4. The lowest BCUT2D eigenvalue weighted by molar-refractivity contribution is 0.668. The van der Waals surface area contributed by atoms with Crippen molar-refractivity contribution in [3.8, 4) is 5.69 Å². The average molecular weight is 719 g/mol. The Balaban J connectivity index is 1.10. The number of anilines is 2. The Bertz CT molecular complexity index is 3390. The Morgan fingerprint density at radius 2 is 1.07 bits per heavy atom. The normalized spacial score (nSPS) is 13.4. The molecule has 8 aromatic carbocycles. The van der Waals surface area contributed by atoms with Crippen LogP contribution in [-0.2, 0) is 0 Å². The van der Waals surface area contributed by atoms with Gasteiger partial charge in [0.15, 0.2) is 0 Å². The van der Waals surface area contributed by atoms with Crippen molar-refractivity contribution in [3.05, 3.63) is 193 Å². The van der Waals surface area contributed by atoms with Gasteiger partial charge in [-0.3, -0.25) is 0 Å². The number of fused-ring (bicyclic) bond motifs is 10. The Labute approximate surface area is 322 Å². The fourth-order valence-corrected chi connectivity index (χ4v) is 9.06. The third kappa shape index (κ3) is 4.72. The summed E-state index contributed by atoms with van der Waals surface area (Å²) in [5.41, 5.74) is 12.9. The molecule has 0 spiro atoms. The maximum Gasteiger partial charge on any atom is 0.136 e. The summed E-state index contributed by atoms with van der Waals surface area (Å²) >= 11 is 0. The quantitative estimate of drug-likeness (QED) is 0.178. The van der Waals surface area contributed by atoms with Gasteiger partial charge in [0.1, 0.15) is 22.3 Å². The molecule has 3 aromatic heterocycles. The molecule has 0 aliphatic heterocycles. The predicted molar refractivity (Wildman–Crippen MR) is 233 cm³/mol. The number of benzene rings is 8. The molecular weight excluding hydrogens is 685 g/mol. The summed E-state index contributed by atoms with van der Waals surface area (Å²) in [5.74, 6) is 0. The topological polar surface area (TPSA) is 34.5 Å². The second-order valence-corrected chi connectivity index (χ2v) is 14.8. The molecule has 12 rings (SSSR count). The van der Waals surface area contributed by atoms with Gasteiger partial charge in [-0.05, 0) is 108 Å². The minimum absolute atomic E-state index is 0.879. The van der Waals surface area contributed by atoms with Gasteiger partial charge < -0.3 is 18.3 Å². The first-order valence-electron chi connectivity index (χ1n) is 19.3. The van der Waals surface area contributed by atoms with E-state index in [4.69, 9.17) is 8.83 Å². The van der Waals surface area contributed by atoms with Crippen LogP contribution in [0.1, 0.15) is 18.4 Å². The smallest absolute Gasteiger partial charge is 0.136 e. The van der Waals surface area contributed by atoms with Gasteiger partial charge in [-0.2, -0.15) is 0 Å². The summed E-state index contributed by atoms with van der Waals surface area (Å²) in [6.45, 7) is 0. The maximum absolute atomic E-state index is 6.44. The largest absolute Gasteiger partial charge is 0.456 e. The Kier molecular flexibility index (Phi) is 6.72. The number of aromatic nitrogens is 1. The molecule has 264 valence electrons. The molecule has 1 aliphatic carbocycles.